The third-order valence-electron chi connectivity index (χ3n) is 2.56. The zero-order chi connectivity index (χ0) is 9.59. The van der Waals surface area contributed by atoms with Crippen LogP contribution in [0, 0.1) is 6.92 Å². The van der Waals surface area contributed by atoms with E-state index < -0.39 is 5.97 Å². The van der Waals surface area contributed by atoms with Gasteiger partial charge in [-0.15, -0.1) is 0 Å². The lowest BCUT2D eigenvalue weighted by atomic mass is 10.3. The van der Waals surface area contributed by atoms with E-state index in [4.69, 9.17) is 5.11 Å². The standard InChI is InChI=1S/C9H12N2O2/c1-5-7(9(12)13)10-8(11(5)2)6-3-4-6/h6H,3-4H2,1-2H3,(H,12,13). The highest BCUT2D eigenvalue weighted by atomic mass is 16.4. The average molecular weight is 180 g/mol. The Morgan fingerprint density at radius 3 is 2.62 bits per heavy atom. The van der Waals surface area contributed by atoms with E-state index in [9.17, 15) is 4.79 Å². The van der Waals surface area contributed by atoms with Gasteiger partial charge in [-0.1, -0.05) is 0 Å². The summed E-state index contributed by atoms with van der Waals surface area (Å²) in [6.07, 6.45) is 2.28. The first-order valence-corrected chi connectivity index (χ1v) is 4.37. The molecule has 70 valence electrons. The van der Waals surface area contributed by atoms with Crippen molar-refractivity contribution in [3.05, 3.63) is 17.2 Å². The fraction of sp³-hybridized carbons (Fsp3) is 0.556. The van der Waals surface area contributed by atoms with E-state index >= 15 is 0 Å². The third-order valence-corrected chi connectivity index (χ3v) is 2.56. The lowest BCUT2D eigenvalue weighted by Crippen LogP contribution is -2.00. The van der Waals surface area contributed by atoms with Crippen LogP contribution in [0.25, 0.3) is 0 Å². The molecule has 0 aliphatic heterocycles. The molecule has 0 bridgehead atoms. The summed E-state index contributed by atoms with van der Waals surface area (Å²) in [7, 11) is 1.88. The van der Waals surface area contributed by atoms with E-state index in [2.05, 4.69) is 4.98 Å². The molecule has 1 aliphatic carbocycles. The normalized spacial score (nSPS) is 16.2. The Labute approximate surface area is 76.2 Å². The van der Waals surface area contributed by atoms with Crippen LogP contribution in [0.4, 0.5) is 0 Å². The van der Waals surface area contributed by atoms with Crippen molar-refractivity contribution in [2.75, 3.05) is 0 Å². The Morgan fingerprint density at radius 1 is 1.62 bits per heavy atom. The van der Waals surface area contributed by atoms with Crippen molar-refractivity contribution >= 4 is 5.97 Å². The molecule has 4 nitrogen and oxygen atoms in total. The highest BCUT2D eigenvalue weighted by Gasteiger charge is 2.30. The third kappa shape index (κ3) is 1.22. The second-order valence-corrected chi connectivity index (χ2v) is 3.54. The fourth-order valence-electron chi connectivity index (χ4n) is 1.51. The summed E-state index contributed by atoms with van der Waals surface area (Å²) in [4.78, 5) is 14.9. The molecule has 1 aromatic heterocycles. The first-order valence-electron chi connectivity index (χ1n) is 4.37. The second-order valence-electron chi connectivity index (χ2n) is 3.54. The van der Waals surface area contributed by atoms with Gasteiger partial charge in [-0.05, 0) is 19.8 Å². The van der Waals surface area contributed by atoms with Crippen LogP contribution in [0.1, 0.15) is 40.8 Å². The lowest BCUT2D eigenvalue weighted by Gasteiger charge is -1.99. The highest BCUT2D eigenvalue weighted by Crippen LogP contribution is 2.39. The summed E-state index contributed by atoms with van der Waals surface area (Å²) in [6, 6.07) is 0. The van der Waals surface area contributed by atoms with Gasteiger partial charge in [-0.25, -0.2) is 9.78 Å². The maximum absolute atomic E-state index is 10.8. The molecule has 1 heterocycles. The van der Waals surface area contributed by atoms with E-state index in [-0.39, 0.29) is 5.69 Å². The monoisotopic (exact) mass is 180 g/mol. The van der Waals surface area contributed by atoms with E-state index in [0.717, 1.165) is 24.4 Å². The molecule has 1 N–H and O–H groups in total. The van der Waals surface area contributed by atoms with Gasteiger partial charge in [0, 0.05) is 18.7 Å². The smallest absolute Gasteiger partial charge is 0.356 e. The van der Waals surface area contributed by atoms with Crippen LogP contribution < -0.4 is 0 Å². The van der Waals surface area contributed by atoms with Gasteiger partial charge < -0.3 is 9.67 Å². The quantitative estimate of drug-likeness (QED) is 0.746. The first-order chi connectivity index (χ1) is 6.11. The molecular formula is C9H12N2O2. The van der Waals surface area contributed by atoms with Crippen molar-refractivity contribution in [2.45, 2.75) is 25.7 Å². The SMILES string of the molecule is Cc1c(C(=O)O)nc(C2CC2)n1C. The van der Waals surface area contributed by atoms with Crippen LogP contribution in [0.3, 0.4) is 0 Å². The van der Waals surface area contributed by atoms with Gasteiger partial charge in [0.05, 0.1) is 0 Å². The number of carbonyl (C=O) groups is 1. The zero-order valence-electron chi connectivity index (χ0n) is 7.74. The van der Waals surface area contributed by atoms with E-state index in [1.54, 1.807) is 6.92 Å². The van der Waals surface area contributed by atoms with Gasteiger partial charge in [-0.2, -0.15) is 0 Å². The Hall–Kier alpha value is -1.32. The van der Waals surface area contributed by atoms with E-state index in [1.165, 1.54) is 0 Å². The summed E-state index contributed by atoms with van der Waals surface area (Å²) in [5.41, 5.74) is 0.943. The average Bonchev–Trinajstić information content (AvgIpc) is 2.83. The molecule has 0 unspecified atom stereocenters. The van der Waals surface area contributed by atoms with Gasteiger partial charge in [0.15, 0.2) is 5.69 Å². The van der Waals surface area contributed by atoms with Crippen molar-refractivity contribution in [2.24, 2.45) is 7.05 Å². The van der Waals surface area contributed by atoms with Crippen LogP contribution >= 0.6 is 0 Å². The molecule has 0 atom stereocenters. The Kier molecular flexibility index (Phi) is 1.65. The maximum Gasteiger partial charge on any atom is 0.356 e. The first kappa shape index (κ1) is 8.29. The number of hydrogen-bond acceptors (Lipinski definition) is 2. The fourth-order valence-corrected chi connectivity index (χ4v) is 1.51. The second kappa shape index (κ2) is 2.58. The van der Waals surface area contributed by atoms with Crippen LogP contribution in [-0.2, 0) is 7.05 Å². The minimum Gasteiger partial charge on any atom is -0.476 e. The molecule has 0 spiro atoms. The van der Waals surface area contributed by atoms with Crippen molar-refractivity contribution < 1.29 is 9.90 Å². The minimum absolute atomic E-state index is 0.199. The predicted octanol–water partition coefficient (Wildman–Crippen LogP) is 1.30. The molecule has 0 amide bonds. The van der Waals surface area contributed by atoms with Crippen molar-refractivity contribution in [3.8, 4) is 0 Å². The number of carboxylic acids is 1. The van der Waals surface area contributed by atoms with Gasteiger partial charge in [0.25, 0.3) is 0 Å². The van der Waals surface area contributed by atoms with Gasteiger partial charge in [0.1, 0.15) is 5.82 Å². The molecule has 13 heavy (non-hydrogen) atoms. The molecular weight excluding hydrogens is 168 g/mol. The van der Waals surface area contributed by atoms with Crippen molar-refractivity contribution in [1.82, 2.24) is 9.55 Å². The zero-order valence-corrected chi connectivity index (χ0v) is 7.74. The van der Waals surface area contributed by atoms with Crippen LogP contribution in [-0.4, -0.2) is 20.6 Å². The predicted molar refractivity (Wildman–Crippen MR) is 46.9 cm³/mol. The number of nitrogens with zero attached hydrogens (tertiary/aromatic N) is 2. The van der Waals surface area contributed by atoms with E-state index in [0.29, 0.717) is 5.92 Å². The van der Waals surface area contributed by atoms with Gasteiger partial charge in [0.2, 0.25) is 0 Å². The topological polar surface area (TPSA) is 55.1 Å². The highest BCUT2D eigenvalue weighted by molar-refractivity contribution is 5.86. The van der Waals surface area contributed by atoms with Crippen LogP contribution in [0.15, 0.2) is 0 Å². The van der Waals surface area contributed by atoms with Gasteiger partial charge >= 0.3 is 5.97 Å². The summed E-state index contributed by atoms with van der Waals surface area (Å²) in [5, 5.41) is 8.83. The molecule has 2 rings (SSSR count). The molecule has 0 saturated heterocycles. The molecule has 0 aromatic carbocycles. The number of aromatic nitrogens is 2. The lowest BCUT2D eigenvalue weighted by molar-refractivity contribution is 0.0690. The Morgan fingerprint density at radius 2 is 2.23 bits per heavy atom. The molecule has 1 fully saturated rings. The number of carboxylic acid groups (broad SMARTS) is 1. The van der Waals surface area contributed by atoms with Gasteiger partial charge in [-0.3, -0.25) is 0 Å². The largest absolute Gasteiger partial charge is 0.476 e. The molecule has 1 aliphatic rings. The Balaban J connectivity index is 2.48. The molecule has 4 heteroatoms. The summed E-state index contributed by atoms with van der Waals surface area (Å²) in [6.45, 7) is 1.79. The summed E-state index contributed by atoms with van der Waals surface area (Å²) in [5.74, 6) is 0.492. The molecule has 1 saturated carbocycles. The summed E-state index contributed by atoms with van der Waals surface area (Å²) < 4.78 is 1.89. The number of rotatable bonds is 2. The van der Waals surface area contributed by atoms with E-state index in [1.807, 2.05) is 11.6 Å². The number of hydrogen-bond donors (Lipinski definition) is 1. The van der Waals surface area contributed by atoms with Crippen LogP contribution in [0.5, 0.6) is 0 Å². The Bertz CT molecular complexity index is 364. The molecule has 1 aromatic rings. The number of aromatic carboxylic acids is 1. The summed E-state index contributed by atoms with van der Waals surface area (Å²) >= 11 is 0. The minimum atomic E-state index is -0.931. The van der Waals surface area contributed by atoms with Crippen molar-refractivity contribution in [3.63, 3.8) is 0 Å². The number of imidazole rings is 1. The maximum atomic E-state index is 10.8. The van der Waals surface area contributed by atoms with Crippen molar-refractivity contribution in [1.29, 1.82) is 0 Å². The molecule has 0 radical (unpaired) electrons. The van der Waals surface area contributed by atoms with Crippen LogP contribution in [0.2, 0.25) is 0 Å².